The monoisotopic (exact) mass is 215 g/mol. The maximum atomic E-state index is 8.06. The van der Waals surface area contributed by atoms with Crippen molar-refractivity contribution in [3.8, 4) is 17.6 Å². The van der Waals surface area contributed by atoms with Crippen molar-refractivity contribution < 1.29 is 4.74 Å². The molecule has 0 N–H and O–H groups in total. The summed E-state index contributed by atoms with van der Waals surface area (Å²) in [4.78, 5) is 2.65. The summed E-state index contributed by atoms with van der Waals surface area (Å²) in [6.07, 6.45) is 0.581. The highest BCUT2D eigenvalue weighted by Gasteiger charge is 1.90. The summed E-state index contributed by atoms with van der Waals surface area (Å²) in [5.74, 6) is 6.77. The molecular formula is C12H13N3O. The van der Waals surface area contributed by atoms with Crippen LogP contribution in [0.25, 0.3) is 10.4 Å². The fourth-order valence-electron chi connectivity index (χ4n) is 1.12. The van der Waals surface area contributed by atoms with Crippen molar-refractivity contribution in [2.75, 3.05) is 13.2 Å². The molecule has 0 radical (unpaired) electrons. The van der Waals surface area contributed by atoms with Crippen LogP contribution in [-0.4, -0.2) is 13.2 Å². The first-order chi connectivity index (χ1) is 7.86. The van der Waals surface area contributed by atoms with Crippen LogP contribution in [0.3, 0.4) is 0 Å². The van der Waals surface area contributed by atoms with Crippen LogP contribution < -0.4 is 4.74 Å². The molecule has 1 aromatic carbocycles. The molecular weight excluding hydrogens is 202 g/mol. The van der Waals surface area contributed by atoms with E-state index in [0.29, 0.717) is 19.6 Å². The van der Waals surface area contributed by atoms with E-state index in [2.05, 4.69) is 21.9 Å². The molecule has 0 bridgehead atoms. The second kappa shape index (κ2) is 7.22. The third-order valence-electron chi connectivity index (χ3n) is 1.80. The van der Waals surface area contributed by atoms with Gasteiger partial charge in [0.25, 0.3) is 0 Å². The molecule has 1 aromatic rings. The lowest BCUT2D eigenvalue weighted by atomic mass is 10.2. The Morgan fingerprint density at radius 2 is 2.12 bits per heavy atom. The Labute approximate surface area is 94.9 Å². The normalized spacial score (nSPS) is 8.56. The molecule has 82 valence electrons. The highest BCUT2D eigenvalue weighted by molar-refractivity contribution is 5.38. The molecule has 0 amide bonds. The van der Waals surface area contributed by atoms with E-state index in [9.17, 15) is 0 Å². The maximum Gasteiger partial charge on any atom is 0.119 e. The second-order valence-electron chi connectivity index (χ2n) is 2.96. The molecule has 4 heteroatoms. The summed E-state index contributed by atoms with van der Waals surface area (Å²) in [5, 5.41) is 3.40. The fourth-order valence-corrected chi connectivity index (χ4v) is 1.12. The van der Waals surface area contributed by atoms with Crippen LogP contribution in [0.1, 0.15) is 18.9 Å². The van der Waals surface area contributed by atoms with Gasteiger partial charge in [0.1, 0.15) is 5.75 Å². The topological polar surface area (TPSA) is 58.0 Å². The van der Waals surface area contributed by atoms with Crippen molar-refractivity contribution in [3.63, 3.8) is 0 Å². The van der Waals surface area contributed by atoms with Crippen molar-refractivity contribution >= 4 is 0 Å². The molecule has 1 rings (SSSR count). The molecule has 0 aliphatic heterocycles. The van der Waals surface area contributed by atoms with Gasteiger partial charge in [0, 0.05) is 23.4 Å². The molecule has 0 aromatic heterocycles. The first-order valence-electron chi connectivity index (χ1n) is 5.09. The molecule has 4 nitrogen and oxygen atoms in total. The zero-order chi connectivity index (χ0) is 11.6. The molecule has 0 spiro atoms. The number of nitrogens with zero attached hydrogens (tertiary/aromatic N) is 3. The number of azide groups is 1. The summed E-state index contributed by atoms with van der Waals surface area (Å²) >= 11 is 0. The Morgan fingerprint density at radius 3 is 2.75 bits per heavy atom. The van der Waals surface area contributed by atoms with E-state index in [4.69, 9.17) is 10.3 Å². The largest absolute Gasteiger partial charge is 0.494 e. The lowest BCUT2D eigenvalue weighted by Gasteiger charge is -2.01. The molecule has 0 heterocycles. The number of benzene rings is 1. The standard InChI is InChI=1S/C12H13N3O/c1-2-16-12-8-6-11(7-9-12)5-3-4-10-14-15-13/h6-9H,2,4,10H2,1H3. The zero-order valence-corrected chi connectivity index (χ0v) is 9.18. The van der Waals surface area contributed by atoms with Gasteiger partial charge in [0.2, 0.25) is 0 Å². The Bertz CT molecular complexity index is 422. The molecule has 0 unspecified atom stereocenters. The molecule has 0 fully saturated rings. The summed E-state index contributed by atoms with van der Waals surface area (Å²) in [6, 6.07) is 7.60. The lowest BCUT2D eigenvalue weighted by molar-refractivity contribution is 0.340. The van der Waals surface area contributed by atoms with E-state index in [0.717, 1.165) is 11.3 Å². The van der Waals surface area contributed by atoms with Crippen LogP contribution in [-0.2, 0) is 0 Å². The third-order valence-corrected chi connectivity index (χ3v) is 1.80. The van der Waals surface area contributed by atoms with Crippen LogP contribution in [0.5, 0.6) is 5.75 Å². The predicted octanol–water partition coefficient (Wildman–Crippen LogP) is 3.14. The van der Waals surface area contributed by atoms with Crippen molar-refractivity contribution in [2.24, 2.45) is 5.11 Å². The van der Waals surface area contributed by atoms with E-state index in [1.54, 1.807) is 0 Å². The summed E-state index contributed by atoms with van der Waals surface area (Å²) in [5.41, 5.74) is 8.99. The minimum absolute atomic E-state index is 0.417. The van der Waals surface area contributed by atoms with E-state index in [1.165, 1.54) is 0 Å². The van der Waals surface area contributed by atoms with Gasteiger partial charge in [-0.3, -0.25) is 0 Å². The number of hydrogen-bond donors (Lipinski definition) is 0. The summed E-state index contributed by atoms with van der Waals surface area (Å²) < 4.78 is 5.32. The number of ether oxygens (including phenoxy) is 1. The molecule has 0 aliphatic rings. The first kappa shape index (κ1) is 12.0. The Balaban J connectivity index is 2.50. The van der Waals surface area contributed by atoms with Gasteiger partial charge in [0.15, 0.2) is 0 Å². The van der Waals surface area contributed by atoms with Gasteiger partial charge >= 0.3 is 0 Å². The fraction of sp³-hybridized carbons (Fsp3) is 0.333. The first-order valence-corrected chi connectivity index (χ1v) is 5.09. The van der Waals surface area contributed by atoms with E-state index in [-0.39, 0.29) is 0 Å². The Hall–Kier alpha value is -2.11. The van der Waals surface area contributed by atoms with Gasteiger partial charge in [-0.25, -0.2) is 0 Å². The highest BCUT2D eigenvalue weighted by Crippen LogP contribution is 2.11. The van der Waals surface area contributed by atoms with Gasteiger partial charge in [-0.1, -0.05) is 17.0 Å². The zero-order valence-electron chi connectivity index (χ0n) is 9.18. The van der Waals surface area contributed by atoms with Crippen molar-refractivity contribution in [1.29, 1.82) is 0 Å². The van der Waals surface area contributed by atoms with Crippen LogP contribution in [0.15, 0.2) is 29.4 Å². The van der Waals surface area contributed by atoms with Gasteiger partial charge in [0.05, 0.1) is 6.61 Å². The van der Waals surface area contributed by atoms with Gasteiger partial charge in [-0.05, 0) is 36.7 Å². The van der Waals surface area contributed by atoms with Crippen molar-refractivity contribution in [2.45, 2.75) is 13.3 Å². The van der Waals surface area contributed by atoms with Crippen molar-refractivity contribution in [3.05, 3.63) is 40.3 Å². The lowest BCUT2D eigenvalue weighted by Crippen LogP contribution is -1.90. The SMILES string of the molecule is CCOc1ccc(C#CCCN=[N+]=[N-])cc1. The predicted molar refractivity (Wildman–Crippen MR) is 63.1 cm³/mol. The Morgan fingerprint density at radius 1 is 1.38 bits per heavy atom. The smallest absolute Gasteiger partial charge is 0.119 e. The maximum absolute atomic E-state index is 8.06. The van der Waals surface area contributed by atoms with E-state index in [1.807, 2.05) is 31.2 Å². The van der Waals surface area contributed by atoms with E-state index < -0.39 is 0 Å². The van der Waals surface area contributed by atoms with Gasteiger partial charge < -0.3 is 4.74 Å². The molecule has 16 heavy (non-hydrogen) atoms. The number of rotatable bonds is 4. The van der Waals surface area contributed by atoms with E-state index >= 15 is 0 Å². The minimum atomic E-state index is 0.417. The van der Waals surface area contributed by atoms with Crippen LogP contribution in [0.2, 0.25) is 0 Å². The van der Waals surface area contributed by atoms with Crippen LogP contribution >= 0.6 is 0 Å². The highest BCUT2D eigenvalue weighted by atomic mass is 16.5. The Kier molecular flexibility index (Phi) is 5.40. The van der Waals surface area contributed by atoms with Crippen LogP contribution in [0.4, 0.5) is 0 Å². The van der Waals surface area contributed by atoms with Crippen LogP contribution in [0, 0.1) is 11.8 Å². The van der Waals surface area contributed by atoms with Gasteiger partial charge in [-0.15, -0.1) is 0 Å². The quantitative estimate of drug-likeness (QED) is 0.250. The third kappa shape index (κ3) is 4.41. The average Bonchev–Trinajstić information content (AvgIpc) is 2.31. The summed E-state index contributed by atoms with van der Waals surface area (Å²) in [7, 11) is 0. The minimum Gasteiger partial charge on any atom is -0.494 e. The molecule has 0 saturated heterocycles. The average molecular weight is 215 g/mol. The van der Waals surface area contributed by atoms with Gasteiger partial charge in [-0.2, -0.15) is 0 Å². The second-order valence-corrected chi connectivity index (χ2v) is 2.96. The van der Waals surface area contributed by atoms with Crippen molar-refractivity contribution in [1.82, 2.24) is 0 Å². The number of hydrogen-bond acceptors (Lipinski definition) is 2. The summed E-state index contributed by atoms with van der Waals surface area (Å²) in [6.45, 7) is 3.03. The molecule has 0 saturated carbocycles. The molecule has 0 atom stereocenters. The molecule has 0 aliphatic carbocycles.